The third-order valence-corrected chi connectivity index (χ3v) is 3.09. The van der Waals surface area contributed by atoms with Crippen LogP contribution in [0.1, 0.15) is 42.3 Å². The lowest BCUT2D eigenvalue weighted by atomic mass is 9.88. The van der Waals surface area contributed by atoms with E-state index in [0.717, 1.165) is 18.4 Å². The average Bonchev–Trinajstić information content (AvgIpc) is 2.37. The lowest BCUT2D eigenvalue weighted by molar-refractivity contribution is 0.0863. The second-order valence-corrected chi connectivity index (χ2v) is 4.69. The molecule has 1 aliphatic rings. The van der Waals surface area contributed by atoms with Gasteiger partial charge in [0.25, 0.3) is 0 Å². The number of fused-ring (bicyclic) bond motifs is 1. The molecule has 0 saturated heterocycles. The molecule has 0 heterocycles. The van der Waals surface area contributed by atoms with Crippen LogP contribution >= 0.6 is 0 Å². The Morgan fingerprint density at radius 2 is 2.07 bits per heavy atom. The van der Waals surface area contributed by atoms with Crippen molar-refractivity contribution in [3.63, 3.8) is 0 Å². The van der Waals surface area contributed by atoms with Gasteiger partial charge in [0.1, 0.15) is 0 Å². The number of carbonyl (C=O) groups excluding carboxylic acids is 1. The predicted octanol–water partition coefficient (Wildman–Crippen LogP) is 3.01. The minimum atomic E-state index is -0.187. The van der Waals surface area contributed by atoms with Gasteiger partial charge in [0, 0.05) is 11.0 Å². The van der Waals surface area contributed by atoms with E-state index < -0.39 is 0 Å². The van der Waals surface area contributed by atoms with Crippen molar-refractivity contribution in [3.8, 4) is 0 Å². The molecule has 14 heavy (non-hydrogen) atoms. The van der Waals surface area contributed by atoms with Crippen LogP contribution in [-0.2, 0) is 12.8 Å². The standard InChI is InChI=1S/C13H16O/c1-4-9-6-5-7-10-8-13(2,3)12(14)11(9)10/h5-7H,4,8H2,1-3H3. The first-order valence-electron chi connectivity index (χ1n) is 5.22. The summed E-state index contributed by atoms with van der Waals surface area (Å²) < 4.78 is 0. The molecule has 0 N–H and O–H groups in total. The molecule has 2 rings (SSSR count). The molecule has 0 atom stereocenters. The zero-order valence-electron chi connectivity index (χ0n) is 9.05. The normalized spacial score (nSPS) is 18.4. The van der Waals surface area contributed by atoms with Crippen LogP contribution in [0.3, 0.4) is 0 Å². The lowest BCUT2D eigenvalue weighted by Crippen LogP contribution is -2.19. The van der Waals surface area contributed by atoms with Crippen LogP contribution in [0.2, 0.25) is 0 Å². The fourth-order valence-electron chi connectivity index (χ4n) is 2.28. The molecule has 0 unspecified atom stereocenters. The van der Waals surface area contributed by atoms with Crippen molar-refractivity contribution >= 4 is 5.78 Å². The predicted molar refractivity (Wildman–Crippen MR) is 57.6 cm³/mol. The Kier molecular flexibility index (Phi) is 1.99. The Labute approximate surface area is 85.1 Å². The number of benzene rings is 1. The molecule has 0 bridgehead atoms. The van der Waals surface area contributed by atoms with Crippen molar-refractivity contribution < 1.29 is 4.79 Å². The molecule has 1 aliphatic carbocycles. The summed E-state index contributed by atoms with van der Waals surface area (Å²) in [4.78, 5) is 12.1. The van der Waals surface area contributed by atoms with E-state index in [4.69, 9.17) is 0 Å². The minimum Gasteiger partial charge on any atom is -0.294 e. The zero-order chi connectivity index (χ0) is 10.3. The van der Waals surface area contributed by atoms with Crippen LogP contribution in [0.25, 0.3) is 0 Å². The molecule has 0 amide bonds. The molecule has 1 aromatic carbocycles. The van der Waals surface area contributed by atoms with E-state index in [9.17, 15) is 4.79 Å². The monoisotopic (exact) mass is 188 g/mol. The van der Waals surface area contributed by atoms with Gasteiger partial charge in [-0.3, -0.25) is 4.79 Å². The minimum absolute atomic E-state index is 0.187. The van der Waals surface area contributed by atoms with Crippen molar-refractivity contribution in [2.75, 3.05) is 0 Å². The molecule has 0 aliphatic heterocycles. The Morgan fingerprint density at radius 3 is 2.71 bits per heavy atom. The molecule has 1 heteroatoms. The highest BCUT2D eigenvalue weighted by Crippen LogP contribution is 2.37. The van der Waals surface area contributed by atoms with Crippen molar-refractivity contribution in [1.29, 1.82) is 0 Å². The molecule has 74 valence electrons. The highest BCUT2D eigenvalue weighted by molar-refractivity contribution is 6.05. The maximum atomic E-state index is 12.1. The fraction of sp³-hybridized carbons (Fsp3) is 0.462. The van der Waals surface area contributed by atoms with Crippen molar-refractivity contribution in [3.05, 3.63) is 34.9 Å². The van der Waals surface area contributed by atoms with E-state index in [0.29, 0.717) is 5.78 Å². The van der Waals surface area contributed by atoms with E-state index >= 15 is 0 Å². The summed E-state index contributed by atoms with van der Waals surface area (Å²) in [7, 11) is 0. The molecule has 0 spiro atoms. The molecular weight excluding hydrogens is 172 g/mol. The third-order valence-electron chi connectivity index (χ3n) is 3.09. The summed E-state index contributed by atoms with van der Waals surface area (Å²) in [5.41, 5.74) is 3.26. The number of hydrogen-bond donors (Lipinski definition) is 0. The van der Waals surface area contributed by atoms with Gasteiger partial charge in [-0.1, -0.05) is 39.0 Å². The second kappa shape index (κ2) is 2.94. The average molecular weight is 188 g/mol. The van der Waals surface area contributed by atoms with E-state index in [1.807, 2.05) is 13.8 Å². The van der Waals surface area contributed by atoms with Crippen molar-refractivity contribution in [1.82, 2.24) is 0 Å². The van der Waals surface area contributed by atoms with Crippen LogP contribution < -0.4 is 0 Å². The highest BCUT2D eigenvalue weighted by Gasteiger charge is 2.38. The third kappa shape index (κ3) is 1.19. The first kappa shape index (κ1) is 9.45. The van der Waals surface area contributed by atoms with Crippen molar-refractivity contribution in [2.45, 2.75) is 33.6 Å². The first-order valence-corrected chi connectivity index (χ1v) is 5.22. The van der Waals surface area contributed by atoms with E-state index in [1.165, 1.54) is 11.1 Å². The maximum absolute atomic E-state index is 12.1. The van der Waals surface area contributed by atoms with Crippen LogP contribution in [0.5, 0.6) is 0 Å². The molecule has 0 saturated carbocycles. The molecule has 0 aromatic heterocycles. The van der Waals surface area contributed by atoms with Gasteiger partial charge < -0.3 is 0 Å². The van der Waals surface area contributed by atoms with E-state index in [1.54, 1.807) is 0 Å². The fourth-order valence-corrected chi connectivity index (χ4v) is 2.28. The van der Waals surface area contributed by atoms with Gasteiger partial charge in [-0.05, 0) is 24.0 Å². The SMILES string of the molecule is CCc1cccc2c1C(=O)C(C)(C)C2. The van der Waals surface area contributed by atoms with Gasteiger partial charge >= 0.3 is 0 Å². The van der Waals surface area contributed by atoms with Crippen LogP contribution in [0.4, 0.5) is 0 Å². The molecular formula is C13H16O. The maximum Gasteiger partial charge on any atom is 0.169 e. The Balaban J connectivity index is 2.60. The quantitative estimate of drug-likeness (QED) is 0.662. The number of hydrogen-bond acceptors (Lipinski definition) is 1. The molecule has 1 aromatic rings. The summed E-state index contributed by atoms with van der Waals surface area (Å²) in [6, 6.07) is 6.21. The number of carbonyl (C=O) groups is 1. The topological polar surface area (TPSA) is 17.1 Å². The largest absolute Gasteiger partial charge is 0.294 e. The van der Waals surface area contributed by atoms with Gasteiger partial charge in [0.15, 0.2) is 5.78 Å². The Morgan fingerprint density at radius 1 is 1.36 bits per heavy atom. The summed E-state index contributed by atoms with van der Waals surface area (Å²) in [5, 5.41) is 0. The molecule has 0 radical (unpaired) electrons. The van der Waals surface area contributed by atoms with Crippen LogP contribution in [0, 0.1) is 5.41 Å². The van der Waals surface area contributed by atoms with Gasteiger partial charge in [-0.2, -0.15) is 0 Å². The number of ketones is 1. The molecule has 1 nitrogen and oxygen atoms in total. The van der Waals surface area contributed by atoms with E-state index in [-0.39, 0.29) is 5.41 Å². The highest BCUT2D eigenvalue weighted by atomic mass is 16.1. The molecule has 0 fully saturated rings. The summed E-state index contributed by atoms with van der Waals surface area (Å²) in [5.74, 6) is 0.324. The number of aryl methyl sites for hydroxylation is 1. The summed E-state index contributed by atoms with van der Waals surface area (Å²) in [6.07, 6.45) is 1.85. The van der Waals surface area contributed by atoms with Gasteiger partial charge in [-0.15, -0.1) is 0 Å². The lowest BCUT2D eigenvalue weighted by Gasteiger charge is -2.13. The van der Waals surface area contributed by atoms with Gasteiger partial charge in [0.2, 0.25) is 0 Å². The van der Waals surface area contributed by atoms with Gasteiger partial charge in [0.05, 0.1) is 0 Å². The van der Waals surface area contributed by atoms with Crippen LogP contribution in [-0.4, -0.2) is 5.78 Å². The van der Waals surface area contributed by atoms with Gasteiger partial charge in [-0.25, -0.2) is 0 Å². The van der Waals surface area contributed by atoms with E-state index in [2.05, 4.69) is 25.1 Å². The van der Waals surface area contributed by atoms with Crippen LogP contribution in [0.15, 0.2) is 18.2 Å². The first-order chi connectivity index (χ1) is 6.56. The summed E-state index contributed by atoms with van der Waals surface area (Å²) in [6.45, 7) is 6.18. The second-order valence-electron chi connectivity index (χ2n) is 4.69. The number of Topliss-reactive ketones (excluding diaryl/α,β-unsaturated/α-hetero) is 1. The zero-order valence-corrected chi connectivity index (χ0v) is 9.05. The smallest absolute Gasteiger partial charge is 0.169 e. The Hall–Kier alpha value is -1.11. The Bertz CT molecular complexity index is 388. The number of rotatable bonds is 1. The summed E-state index contributed by atoms with van der Waals surface area (Å²) >= 11 is 0. The van der Waals surface area contributed by atoms with Crippen molar-refractivity contribution in [2.24, 2.45) is 5.41 Å².